The van der Waals surface area contributed by atoms with Crippen molar-refractivity contribution in [1.29, 1.82) is 0 Å². The minimum absolute atomic E-state index is 0.00353. The largest absolute Gasteiger partial charge is 0.353 e. The van der Waals surface area contributed by atoms with Gasteiger partial charge in [-0.15, -0.1) is 11.8 Å². The summed E-state index contributed by atoms with van der Waals surface area (Å²) in [4.78, 5) is 29.6. The van der Waals surface area contributed by atoms with Gasteiger partial charge in [0.1, 0.15) is 5.25 Å². The van der Waals surface area contributed by atoms with Crippen LogP contribution in [0.2, 0.25) is 0 Å². The van der Waals surface area contributed by atoms with Gasteiger partial charge in [0.05, 0.1) is 18.2 Å². The molecule has 0 saturated heterocycles. The van der Waals surface area contributed by atoms with E-state index in [-0.39, 0.29) is 23.8 Å². The van der Waals surface area contributed by atoms with Gasteiger partial charge >= 0.3 is 0 Å². The van der Waals surface area contributed by atoms with Gasteiger partial charge in [-0.2, -0.15) is 0 Å². The minimum Gasteiger partial charge on any atom is -0.353 e. The van der Waals surface area contributed by atoms with Gasteiger partial charge in [0.15, 0.2) is 0 Å². The molecule has 1 N–H and O–H groups in total. The first-order chi connectivity index (χ1) is 14.9. The van der Waals surface area contributed by atoms with Crippen molar-refractivity contribution >= 4 is 29.3 Å². The number of fused-ring (bicyclic) bond motifs is 1. The first-order valence-electron chi connectivity index (χ1n) is 11.4. The van der Waals surface area contributed by atoms with Crippen LogP contribution in [-0.4, -0.2) is 23.1 Å². The molecule has 0 radical (unpaired) electrons. The maximum atomic E-state index is 13.7. The average Bonchev–Trinajstić information content (AvgIpc) is 2.78. The monoisotopic (exact) mass is 436 g/mol. The Morgan fingerprint density at radius 2 is 1.87 bits per heavy atom. The molecule has 2 aliphatic rings. The number of hydrogen-bond acceptors (Lipinski definition) is 3. The lowest BCUT2D eigenvalue weighted by Crippen LogP contribution is -2.49. The average molecular weight is 437 g/mol. The third-order valence-electron chi connectivity index (χ3n) is 6.57. The molecule has 0 spiro atoms. The van der Waals surface area contributed by atoms with Gasteiger partial charge < -0.3 is 10.2 Å². The molecule has 0 unspecified atom stereocenters. The summed E-state index contributed by atoms with van der Waals surface area (Å²) in [7, 11) is 0. The fraction of sp³-hybridized carbons (Fsp3) is 0.462. The number of carbonyl (C=O) groups excluding carboxylic acids is 2. The first kappa shape index (κ1) is 21.9. The zero-order valence-electron chi connectivity index (χ0n) is 18.7. The highest BCUT2D eigenvalue weighted by Crippen LogP contribution is 2.42. The molecule has 1 saturated carbocycles. The number of thioether (sulfide) groups is 1. The van der Waals surface area contributed by atoms with E-state index in [1.54, 1.807) is 0 Å². The van der Waals surface area contributed by atoms with E-state index in [0.717, 1.165) is 29.0 Å². The molecule has 164 valence electrons. The standard InChI is InChI=1S/C26H32N2O2S/c1-17-13-14-18(2)20(15-17)16-28-22-11-7-8-12-23(22)31-24(26(28)30)19(3)25(29)27-21-9-5-4-6-10-21/h7-8,11-15,19,21,24H,4-6,9-10,16H2,1-3H3,(H,27,29)/t19-,24+/m0/s1. The molecule has 31 heavy (non-hydrogen) atoms. The van der Waals surface area contributed by atoms with Crippen LogP contribution in [0.4, 0.5) is 5.69 Å². The SMILES string of the molecule is Cc1ccc(C)c(CN2C(=O)[C@@H]([C@H](C)C(=O)NC3CCCCC3)Sc3ccccc32)c1. The highest BCUT2D eigenvalue weighted by Gasteiger charge is 2.40. The molecule has 2 atom stereocenters. The normalized spacial score (nSPS) is 20.3. The Morgan fingerprint density at radius 3 is 2.65 bits per heavy atom. The molecular formula is C26H32N2O2S. The molecule has 4 rings (SSSR count). The third kappa shape index (κ3) is 4.82. The van der Waals surface area contributed by atoms with Crippen molar-refractivity contribution in [2.75, 3.05) is 4.90 Å². The van der Waals surface area contributed by atoms with Crippen molar-refractivity contribution in [2.24, 2.45) is 5.92 Å². The molecule has 1 aliphatic carbocycles. The van der Waals surface area contributed by atoms with Crippen LogP contribution in [0.25, 0.3) is 0 Å². The number of amides is 2. The number of benzene rings is 2. The predicted molar refractivity (Wildman–Crippen MR) is 127 cm³/mol. The first-order valence-corrected chi connectivity index (χ1v) is 12.3. The minimum atomic E-state index is -0.413. The Bertz CT molecular complexity index is 968. The van der Waals surface area contributed by atoms with Gasteiger partial charge in [0.2, 0.25) is 11.8 Å². The number of para-hydroxylation sites is 1. The second kappa shape index (κ2) is 9.47. The summed E-state index contributed by atoms with van der Waals surface area (Å²) in [5, 5.41) is 2.81. The van der Waals surface area contributed by atoms with Crippen molar-refractivity contribution in [3.05, 3.63) is 59.2 Å². The molecule has 1 aliphatic heterocycles. The van der Waals surface area contributed by atoms with Crippen LogP contribution >= 0.6 is 11.8 Å². The van der Waals surface area contributed by atoms with Crippen LogP contribution in [0.15, 0.2) is 47.4 Å². The lowest BCUT2D eigenvalue weighted by molar-refractivity contribution is -0.129. The van der Waals surface area contributed by atoms with Crippen molar-refractivity contribution < 1.29 is 9.59 Å². The Labute approximate surface area is 189 Å². The lowest BCUT2D eigenvalue weighted by atomic mass is 9.94. The summed E-state index contributed by atoms with van der Waals surface area (Å²) in [5.41, 5.74) is 4.45. The molecule has 2 aromatic carbocycles. The van der Waals surface area contributed by atoms with E-state index in [0.29, 0.717) is 6.54 Å². The highest BCUT2D eigenvalue weighted by atomic mass is 32.2. The highest BCUT2D eigenvalue weighted by molar-refractivity contribution is 8.01. The molecule has 4 nitrogen and oxygen atoms in total. The quantitative estimate of drug-likeness (QED) is 0.683. The van der Waals surface area contributed by atoms with E-state index in [1.165, 1.54) is 42.2 Å². The van der Waals surface area contributed by atoms with E-state index in [1.807, 2.05) is 30.0 Å². The smallest absolute Gasteiger partial charge is 0.241 e. The Balaban J connectivity index is 1.58. The zero-order chi connectivity index (χ0) is 22.0. The van der Waals surface area contributed by atoms with Crippen LogP contribution in [0.5, 0.6) is 0 Å². The van der Waals surface area contributed by atoms with Gasteiger partial charge in [-0.3, -0.25) is 9.59 Å². The van der Waals surface area contributed by atoms with E-state index in [2.05, 4.69) is 43.4 Å². The molecule has 1 heterocycles. The fourth-order valence-electron chi connectivity index (χ4n) is 4.58. The Morgan fingerprint density at radius 1 is 1.13 bits per heavy atom. The maximum absolute atomic E-state index is 13.7. The van der Waals surface area contributed by atoms with Crippen LogP contribution in [0, 0.1) is 19.8 Å². The van der Waals surface area contributed by atoms with E-state index in [4.69, 9.17) is 0 Å². The van der Waals surface area contributed by atoms with Crippen LogP contribution in [-0.2, 0) is 16.1 Å². The van der Waals surface area contributed by atoms with Crippen molar-refractivity contribution in [3.8, 4) is 0 Å². The van der Waals surface area contributed by atoms with Crippen LogP contribution < -0.4 is 10.2 Å². The number of hydrogen-bond donors (Lipinski definition) is 1. The molecule has 5 heteroatoms. The predicted octanol–water partition coefficient (Wildman–Crippen LogP) is 5.40. The van der Waals surface area contributed by atoms with Gasteiger partial charge in [-0.25, -0.2) is 0 Å². The number of aryl methyl sites for hydroxylation is 2. The number of anilines is 1. The number of nitrogens with one attached hydrogen (secondary N) is 1. The van der Waals surface area contributed by atoms with Crippen molar-refractivity contribution in [2.45, 2.75) is 75.6 Å². The van der Waals surface area contributed by atoms with Crippen LogP contribution in [0.3, 0.4) is 0 Å². The Hall–Kier alpha value is -2.27. The third-order valence-corrected chi connectivity index (χ3v) is 8.03. The molecule has 1 fully saturated rings. The van der Waals surface area contributed by atoms with Crippen molar-refractivity contribution in [3.63, 3.8) is 0 Å². The molecule has 2 aromatic rings. The van der Waals surface area contributed by atoms with Crippen molar-refractivity contribution in [1.82, 2.24) is 5.32 Å². The van der Waals surface area contributed by atoms with E-state index >= 15 is 0 Å². The number of rotatable bonds is 5. The zero-order valence-corrected chi connectivity index (χ0v) is 19.5. The summed E-state index contributed by atoms with van der Waals surface area (Å²) in [6.45, 7) is 6.59. The van der Waals surface area contributed by atoms with Gasteiger partial charge in [0.25, 0.3) is 0 Å². The Kier molecular flexibility index (Phi) is 6.71. The molecule has 0 bridgehead atoms. The summed E-state index contributed by atoms with van der Waals surface area (Å²) in [5.74, 6) is -0.353. The van der Waals surface area contributed by atoms with Gasteiger partial charge in [0, 0.05) is 10.9 Å². The van der Waals surface area contributed by atoms with E-state index in [9.17, 15) is 9.59 Å². The summed E-state index contributed by atoms with van der Waals surface area (Å²) < 4.78 is 0. The van der Waals surface area contributed by atoms with Gasteiger partial charge in [-0.1, -0.05) is 62.1 Å². The summed E-state index contributed by atoms with van der Waals surface area (Å²) in [6.07, 6.45) is 5.70. The fourth-order valence-corrected chi connectivity index (χ4v) is 5.86. The topological polar surface area (TPSA) is 49.4 Å². The number of carbonyl (C=O) groups is 2. The number of nitrogens with zero attached hydrogens (tertiary/aromatic N) is 1. The van der Waals surface area contributed by atoms with Gasteiger partial charge in [-0.05, 0) is 49.9 Å². The second-order valence-electron chi connectivity index (χ2n) is 8.99. The summed E-state index contributed by atoms with van der Waals surface area (Å²) >= 11 is 1.53. The molecular weight excluding hydrogens is 404 g/mol. The maximum Gasteiger partial charge on any atom is 0.241 e. The molecule has 2 amide bonds. The van der Waals surface area contributed by atoms with E-state index < -0.39 is 5.25 Å². The van der Waals surface area contributed by atoms with Crippen LogP contribution in [0.1, 0.15) is 55.7 Å². The molecule has 0 aromatic heterocycles. The second-order valence-corrected chi connectivity index (χ2v) is 10.2. The lowest BCUT2D eigenvalue weighted by Gasteiger charge is -2.36. The summed E-state index contributed by atoms with van der Waals surface area (Å²) in [6, 6.07) is 14.7.